The molecule has 2 aromatic carbocycles. The van der Waals surface area contributed by atoms with Crippen LogP contribution in [0.15, 0.2) is 42.5 Å². The predicted octanol–water partition coefficient (Wildman–Crippen LogP) is 3.27. The average molecular weight is 318 g/mol. The number of halogens is 2. The van der Waals surface area contributed by atoms with E-state index in [1.165, 1.54) is 18.2 Å². The molecule has 0 saturated heterocycles. The molecule has 1 amide bonds. The topological polar surface area (TPSA) is 38.3 Å². The molecule has 0 saturated carbocycles. The zero-order chi connectivity index (χ0) is 15.9. The van der Waals surface area contributed by atoms with Crippen LogP contribution in [0.2, 0.25) is 5.02 Å². The second-order valence-electron chi connectivity index (χ2n) is 4.28. The minimum Gasteiger partial charge on any atom is -0.495 e. The van der Waals surface area contributed by atoms with E-state index in [1.54, 1.807) is 19.2 Å². The lowest BCUT2D eigenvalue weighted by Gasteiger charge is -2.05. The van der Waals surface area contributed by atoms with Crippen molar-refractivity contribution in [1.29, 1.82) is 0 Å². The lowest BCUT2D eigenvalue weighted by molar-refractivity contribution is 0.0955. The van der Waals surface area contributed by atoms with Gasteiger partial charge in [-0.05, 0) is 24.3 Å². The smallest absolute Gasteiger partial charge is 0.256 e. The number of carbonyl (C=O) groups excluding carboxylic acids is 1. The van der Waals surface area contributed by atoms with E-state index >= 15 is 0 Å². The first-order valence-electron chi connectivity index (χ1n) is 6.47. The van der Waals surface area contributed by atoms with Gasteiger partial charge in [-0.1, -0.05) is 41.6 Å². The number of hydrogen-bond donors (Lipinski definition) is 1. The Balaban J connectivity index is 2.03. The van der Waals surface area contributed by atoms with Crippen LogP contribution in [0.4, 0.5) is 4.39 Å². The number of amides is 1. The van der Waals surface area contributed by atoms with Crippen LogP contribution >= 0.6 is 11.6 Å². The van der Waals surface area contributed by atoms with E-state index in [0.717, 1.165) is 0 Å². The molecular formula is C17H13ClFNO2. The third-order valence-corrected chi connectivity index (χ3v) is 3.17. The first-order valence-corrected chi connectivity index (χ1v) is 6.85. The van der Waals surface area contributed by atoms with E-state index in [1.807, 2.05) is 12.1 Å². The Morgan fingerprint density at radius 1 is 1.27 bits per heavy atom. The summed E-state index contributed by atoms with van der Waals surface area (Å²) in [5.41, 5.74) is 0.534. The maximum Gasteiger partial charge on any atom is 0.256 e. The Morgan fingerprint density at radius 2 is 2.05 bits per heavy atom. The van der Waals surface area contributed by atoms with E-state index < -0.39 is 11.7 Å². The third-order valence-electron chi connectivity index (χ3n) is 2.86. The number of rotatable bonds is 3. The van der Waals surface area contributed by atoms with Gasteiger partial charge in [0.1, 0.15) is 11.6 Å². The summed E-state index contributed by atoms with van der Waals surface area (Å²) in [7, 11) is 1.56. The number of methoxy groups -OCH3 is 1. The number of carbonyl (C=O) groups is 1. The highest BCUT2D eigenvalue weighted by Gasteiger charge is 2.14. The second kappa shape index (κ2) is 7.48. The fourth-order valence-electron chi connectivity index (χ4n) is 1.81. The molecule has 0 atom stereocenters. The molecule has 0 aromatic heterocycles. The van der Waals surface area contributed by atoms with Crippen molar-refractivity contribution in [3.05, 3.63) is 64.4 Å². The highest BCUT2D eigenvalue weighted by Crippen LogP contribution is 2.18. The van der Waals surface area contributed by atoms with E-state index in [-0.39, 0.29) is 17.1 Å². The van der Waals surface area contributed by atoms with Crippen LogP contribution in [0.5, 0.6) is 5.75 Å². The summed E-state index contributed by atoms with van der Waals surface area (Å²) in [4.78, 5) is 11.9. The Hall–Kier alpha value is -2.51. The standard InChI is InChI=1S/C17H13ClFNO2/c1-22-15-10-3-2-6-12(15)7-5-11-20-17(21)16-13(18)8-4-9-14(16)19/h2-4,6,8-10H,11H2,1H3,(H,20,21). The number of para-hydroxylation sites is 1. The van der Waals surface area contributed by atoms with Crippen LogP contribution < -0.4 is 10.1 Å². The molecule has 5 heteroatoms. The Labute approximate surface area is 133 Å². The molecule has 0 aliphatic rings. The maximum absolute atomic E-state index is 13.6. The van der Waals surface area contributed by atoms with Gasteiger partial charge in [0.2, 0.25) is 0 Å². The molecule has 0 bridgehead atoms. The molecule has 0 aliphatic heterocycles. The summed E-state index contributed by atoms with van der Waals surface area (Å²) in [5.74, 6) is 5.06. The second-order valence-corrected chi connectivity index (χ2v) is 4.69. The SMILES string of the molecule is COc1ccccc1C#CCNC(=O)c1c(F)cccc1Cl. The van der Waals surface area contributed by atoms with Crippen LogP contribution in [0.3, 0.4) is 0 Å². The van der Waals surface area contributed by atoms with Gasteiger partial charge in [-0.3, -0.25) is 4.79 Å². The zero-order valence-electron chi connectivity index (χ0n) is 11.8. The largest absolute Gasteiger partial charge is 0.495 e. The summed E-state index contributed by atoms with van der Waals surface area (Å²) < 4.78 is 18.7. The van der Waals surface area contributed by atoms with Crippen molar-refractivity contribution in [3.63, 3.8) is 0 Å². The predicted molar refractivity (Wildman–Crippen MR) is 83.6 cm³/mol. The van der Waals surface area contributed by atoms with Gasteiger partial charge in [0.15, 0.2) is 0 Å². The Bertz CT molecular complexity index is 730. The van der Waals surface area contributed by atoms with E-state index in [4.69, 9.17) is 16.3 Å². The van der Waals surface area contributed by atoms with Crippen molar-refractivity contribution in [2.24, 2.45) is 0 Å². The van der Waals surface area contributed by atoms with Gasteiger partial charge >= 0.3 is 0 Å². The number of ether oxygens (including phenoxy) is 1. The van der Waals surface area contributed by atoms with E-state index in [0.29, 0.717) is 11.3 Å². The van der Waals surface area contributed by atoms with Crippen molar-refractivity contribution in [3.8, 4) is 17.6 Å². The molecule has 3 nitrogen and oxygen atoms in total. The van der Waals surface area contributed by atoms with Crippen LogP contribution in [-0.4, -0.2) is 19.6 Å². The minimum atomic E-state index is -0.664. The molecule has 0 fully saturated rings. The third kappa shape index (κ3) is 3.78. The van der Waals surface area contributed by atoms with Crippen molar-refractivity contribution < 1.29 is 13.9 Å². The quantitative estimate of drug-likeness (QED) is 0.882. The van der Waals surface area contributed by atoms with Gasteiger partial charge in [-0.2, -0.15) is 0 Å². The Morgan fingerprint density at radius 3 is 2.77 bits per heavy atom. The molecule has 2 rings (SSSR count). The molecular weight excluding hydrogens is 305 g/mol. The summed E-state index contributed by atoms with van der Waals surface area (Å²) in [5, 5.41) is 2.58. The molecule has 0 aliphatic carbocycles. The van der Waals surface area contributed by atoms with Crippen molar-refractivity contribution in [2.75, 3.05) is 13.7 Å². The molecule has 0 spiro atoms. The molecule has 0 radical (unpaired) electrons. The van der Waals surface area contributed by atoms with Gasteiger partial charge in [-0.25, -0.2) is 4.39 Å². The summed E-state index contributed by atoms with van der Waals surface area (Å²) in [6.07, 6.45) is 0. The van der Waals surface area contributed by atoms with Crippen molar-refractivity contribution >= 4 is 17.5 Å². The van der Waals surface area contributed by atoms with E-state index in [9.17, 15) is 9.18 Å². The first kappa shape index (κ1) is 15.9. The fraction of sp³-hybridized carbons (Fsp3) is 0.118. The fourth-order valence-corrected chi connectivity index (χ4v) is 2.06. The number of nitrogens with one attached hydrogen (secondary N) is 1. The minimum absolute atomic E-state index is 0.0650. The molecule has 112 valence electrons. The highest BCUT2D eigenvalue weighted by atomic mass is 35.5. The lowest BCUT2D eigenvalue weighted by atomic mass is 10.2. The monoisotopic (exact) mass is 317 g/mol. The molecule has 0 unspecified atom stereocenters. The number of hydrogen-bond acceptors (Lipinski definition) is 2. The zero-order valence-corrected chi connectivity index (χ0v) is 12.6. The average Bonchev–Trinajstić information content (AvgIpc) is 2.51. The maximum atomic E-state index is 13.6. The van der Waals surface area contributed by atoms with Crippen molar-refractivity contribution in [1.82, 2.24) is 5.32 Å². The molecule has 2 aromatic rings. The number of benzene rings is 2. The van der Waals surface area contributed by atoms with Gasteiger partial charge in [0.25, 0.3) is 5.91 Å². The van der Waals surface area contributed by atoms with E-state index in [2.05, 4.69) is 17.2 Å². The highest BCUT2D eigenvalue weighted by molar-refractivity contribution is 6.33. The Kier molecular flexibility index (Phi) is 5.40. The summed E-state index contributed by atoms with van der Waals surface area (Å²) in [6.45, 7) is 0.0710. The van der Waals surface area contributed by atoms with Crippen LogP contribution in [0.25, 0.3) is 0 Å². The van der Waals surface area contributed by atoms with Crippen molar-refractivity contribution in [2.45, 2.75) is 0 Å². The van der Waals surface area contributed by atoms with Gasteiger partial charge < -0.3 is 10.1 Å². The molecule has 0 heterocycles. The normalized spacial score (nSPS) is 9.59. The summed E-state index contributed by atoms with van der Waals surface area (Å²) in [6, 6.07) is 11.4. The van der Waals surface area contributed by atoms with Gasteiger partial charge in [-0.15, -0.1) is 0 Å². The van der Waals surface area contributed by atoms with Crippen LogP contribution in [0.1, 0.15) is 15.9 Å². The van der Waals surface area contributed by atoms with Gasteiger partial charge in [0, 0.05) is 0 Å². The first-order chi connectivity index (χ1) is 10.6. The lowest BCUT2D eigenvalue weighted by Crippen LogP contribution is -2.25. The van der Waals surface area contributed by atoms with Crippen LogP contribution in [0, 0.1) is 17.7 Å². The molecule has 22 heavy (non-hydrogen) atoms. The summed E-state index contributed by atoms with van der Waals surface area (Å²) >= 11 is 5.82. The van der Waals surface area contributed by atoms with Gasteiger partial charge in [0.05, 0.1) is 29.8 Å². The van der Waals surface area contributed by atoms with Crippen LogP contribution in [-0.2, 0) is 0 Å². The molecule has 1 N–H and O–H groups in total.